The van der Waals surface area contributed by atoms with Crippen molar-refractivity contribution in [3.8, 4) is 0 Å². The van der Waals surface area contributed by atoms with Gasteiger partial charge in [-0.25, -0.2) is 4.79 Å². The van der Waals surface area contributed by atoms with Gasteiger partial charge in [-0.15, -0.1) is 0 Å². The highest BCUT2D eigenvalue weighted by molar-refractivity contribution is 6.05. The Labute approximate surface area is 86.6 Å². The maximum atomic E-state index is 11.3. The average Bonchev–Trinajstić information content (AvgIpc) is 2.41. The lowest BCUT2D eigenvalue weighted by Crippen LogP contribution is -2.37. The van der Waals surface area contributed by atoms with Crippen LogP contribution in [-0.4, -0.2) is 47.4 Å². The molecule has 0 radical (unpaired) electrons. The molecule has 0 spiro atoms. The summed E-state index contributed by atoms with van der Waals surface area (Å²) in [4.78, 5) is 33.6. The highest BCUT2D eigenvalue weighted by Gasteiger charge is 2.35. The molecule has 1 heterocycles. The Kier molecular flexibility index (Phi) is 3.56. The fraction of sp³-hybridized carbons (Fsp3) is 0.444. The number of aliphatic carboxylic acids is 1. The molecule has 0 aromatic heterocycles. The van der Waals surface area contributed by atoms with Gasteiger partial charge >= 0.3 is 5.97 Å². The van der Waals surface area contributed by atoms with Crippen molar-refractivity contribution < 1.29 is 19.5 Å². The number of carboxylic acid groups (broad SMARTS) is 1. The molecule has 0 aromatic carbocycles. The maximum Gasteiger partial charge on any atom is 0.328 e. The van der Waals surface area contributed by atoms with Crippen LogP contribution in [0.1, 0.15) is 6.42 Å². The van der Waals surface area contributed by atoms with E-state index < -0.39 is 12.0 Å². The van der Waals surface area contributed by atoms with Crippen LogP contribution >= 0.6 is 0 Å². The second kappa shape index (κ2) is 4.70. The van der Waals surface area contributed by atoms with Crippen molar-refractivity contribution in [2.24, 2.45) is 0 Å². The Morgan fingerprint density at radius 2 is 2.33 bits per heavy atom. The van der Waals surface area contributed by atoms with Gasteiger partial charge in [0.1, 0.15) is 0 Å². The summed E-state index contributed by atoms with van der Waals surface area (Å²) in [6.45, 7) is 0.254. The second-order valence-corrected chi connectivity index (χ2v) is 3.20. The third-order valence-electron chi connectivity index (χ3n) is 2.12. The number of carboxylic acids is 1. The lowest BCUT2D eigenvalue weighted by atomic mass is 10.2. The smallest absolute Gasteiger partial charge is 0.328 e. The quantitative estimate of drug-likeness (QED) is 0.460. The van der Waals surface area contributed by atoms with Gasteiger partial charge in [-0.2, -0.15) is 0 Å². The van der Waals surface area contributed by atoms with Gasteiger partial charge in [-0.3, -0.25) is 14.5 Å². The van der Waals surface area contributed by atoms with E-state index in [4.69, 9.17) is 5.11 Å². The van der Waals surface area contributed by atoms with Gasteiger partial charge in [0.2, 0.25) is 11.8 Å². The molecule has 15 heavy (non-hydrogen) atoms. The molecule has 2 amide bonds. The lowest BCUT2D eigenvalue weighted by Gasteiger charge is -2.08. The normalized spacial score (nSPS) is 21.7. The Morgan fingerprint density at radius 3 is 2.80 bits per heavy atom. The molecular weight excluding hydrogens is 200 g/mol. The SMILES string of the molecule is CN1C(=O)CC(NC/C=C/C(=O)O)C1=O. The van der Waals surface area contributed by atoms with Crippen LogP contribution in [0.5, 0.6) is 0 Å². The third kappa shape index (κ3) is 2.88. The highest BCUT2D eigenvalue weighted by atomic mass is 16.4. The van der Waals surface area contributed by atoms with E-state index in [1.165, 1.54) is 13.1 Å². The Bertz CT molecular complexity index is 324. The highest BCUT2D eigenvalue weighted by Crippen LogP contribution is 2.09. The zero-order chi connectivity index (χ0) is 11.4. The van der Waals surface area contributed by atoms with Crippen LogP contribution < -0.4 is 5.32 Å². The summed E-state index contributed by atoms with van der Waals surface area (Å²) in [7, 11) is 1.43. The Morgan fingerprint density at radius 1 is 1.67 bits per heavy atom. The zero-order valence-electron chi connectivity index (χ0n) is 8.27. The largest absolute Gasteiger partial charge is 0.478 e. The summed E-state index contributed by atoms with van der Waals surface area (Å²) in [5.41, 5.74) is 0. The summed E-state index contributed by atoms with van der Waals surface area (Å²) < 4.78 is 0. The van der Waals surface area contributed by atoms with Gasteiger partial charge in [0.25, 0.3) is 0 Å². The molecule has 1 rings (SSSR count). The van der Waals surface area contributed by atoms with Crippen molar-refractivity contribution in [3.05, 3.63) is 12.2 Å². The molecule has 6 nitrogen and oxygen atoms in total. The number of rotatable bonds is 4. The number of likely N-dealkylation sites (tertiary alicyclic amines) is 1. The standard InChI is InChI=1S/C9H12N2O4/c1-11-7(12)5-6(9(11)15)10-4-2-3-8(13)14/h2-3,6,10H,4-5H2,1H3,(H,13,14)/b3-2+. The molecule has 6 heteroatoms. The number of imide groups is 1. The molecular formula is C9H12N2O4. The van der Waals surface area contributed by atoms with Gasteiger partial charge in [0.05, 0.1) is 12.5 Å². The van der Waals surface area contributed by atoms with Crippen LogP contribution in [0.4, 0.5) is 0 Å². The van der Waals surface area contributed by atoms with Gasteiger partial charge in [0.15, 0.2) is 0 Å². The van der Waals surface area contributed by atoms with Crippen molar-refractivity contribution >= 4 is 17.8 Å². The van der Waals surface area contributed by atoms with Gasteiger partial charge < -0.3 is 10.4 Å². The summed E-state index contributed by atoms with van der Waals surface area (Å²) in [5, 5.41) is 11.1. The van der Waals surface area contributed by atoms with E-state index in [1.54, 1.807) is 0 Å². The minimum Gasteiger partial charge on any atom is -0.478 e. The van der Waals surface area contributed by atoms with Crippen molar-refractivity contribution in [3.63, 3.8) is 0 Å². The van der Waals surface area contributed by atoms with Crippen molar-refractivity contribution in [2.75, 3.05) is 13.6 Å². The number of hydrogen-bond donors (Lipinski definition) is 2. The van der Waals surface area contributed by atoms with E-state index in [1.807, 2.05) is 0 Å². The molecule has 0 saturated carbocycles. The predicted molar refractivity (Wildman–Crippen MR) is 51.0 cm³/mol. The second-order valence-electron chi connectivity index (χ2n) is 3.20. The van der Waals surface area contributed by atoms with Crippen molar-refractivity contribution in [2.45, 2.75) is 12.5 Å². The van der Waals surface area contributed by atoms with Crippen LogP contribution in [0.15, 0.2) is 12.2 Å². The molecule has 0 bridgehead atoms. The fourth-order valence-corrected chi connectivity index (χ4v) is 1.29. The summed E-state index contributed by atoms with van der Waals surface area (Å²) >= 11 is 0. The van der Waals surface area contributed by atoms with Crippen LogP contribution in [0.3, 0.4) is 0 Å². The number of likely N-dealkylation sites (N-methyl/N-ethyl adjacent to an activating group) is 1. The molecule has 0 aromatic rings. The molecule has 1 aliphatic heterocycles. The van der Waals surface area contributed by atoms with E-state index in [9.17, 15) is 14.4 Å². The molecule has 1 unspecified atom stereocenters. The van der Waals surface area contributed by atoms with E-state index in [0.29, 0.717) is 0 Å². The predicted octanol–water partition coefficient (Wildman–Crippen LogP) is -1.03. The number of carbonyl (C=O) groups is 3. The van der Waals surface area contributed by atoms with Gasteiger partial charge in [0, 0.05) is 19.7 Å². The van der Waals surface area contributed by atoms with Crippen molar-refractivity contribution in [1.29, 1.82) is 0 Å². The van der Waals surface area contributed by atoms with E-state index in [2.05, 4.69) is 5.32 Å². The minimum absolute atomic E-state index is 0.135. The molecule has 1 fully saturated rings. The number of nitrogens with zero attached hydrogens (tertiary/aromatic N) is 1. The van der Waals surface area contributed by atoms with Crippen LogP contribution in [0.25, 0.3) is 0 Å². The molecule has 0 aliphatic carbocycles. The van der Waals surface area contributed by atoms with Crippen LogP contribution in [-0.2, 0) is 14.4 Å². The molecule has 2 N–H and O–H groups in total. The summed E-state index contributed by atoms with van der Waals surface area (Å²) in [6, 6.07) is -0.527. The van der Waals surface area contributed by atoms with E-state index in [0.717, 1.165) is 11.0 Å². The monoisotopic (exact) mass is 212 g/mol. The van der Waals surface area contributed by atoms with Gasteiger partial charge in [-0.1, -0.05) is 6.08 Å². The number of carbonyl (C=O) groups excluding carboxylic acids is 2. The Hall–Kier alpha value is -1.69. The molecule has 82 valence electrons. The summed E-state index contributed by atoms with van der Waals surface area (Å²) in [6.07, 6.45) is 2.51. The third-order valence-corrected chi connectivity index (χ3v) is 2.12. The van der Waals surface area contributed by atoms with Crippen LogP contribution in [0.2, 0.25) is 0 Å². The molecule has 1 atom stereocenters. The number of hydrogen-bond acceptors (Lipinski definition) is 4. The molecule has 1 saturated heterocycles. The molecule has 1 aliphatic rings. The van der Waals surface area contributed by atoms with Crippen molar-refractivity contribution in [1.82, 2.24) is 10.2 Å². The lowest BCUT2D eigenvalue weighted by molar-refractivity contribution is -0.137. The first-order valence-electron chi connectivity index (χ1n) is 4.45. The van der Waals surface area contributed by atoms with Crippen LogP contribution in [0, 0.1) is 0 Å². The zero-order valence-corrected chi connectivity index (χ0v) is 8.27. The first-order valence-corrected chi connectivity index (χ1v) is 4.45. The van der Waals surface area contributed by atoms with E-state index >= 15 is 0 Å². The van der Waals surface area contributed by atoms with E-state index in [-0.39, 0.29) is 24.8 Å². The van der Waals surface area contributed by atoms with Gasteiger partial charge in [-0.05, 0) is 0 Å². The number of amides is 2. The maximum absolute atomic E-state index is 11.3. The first kappa shape index (κ1) is 11.4. The Balaban J connectivity index is 2.38. The topological polar surface area (TPSA) is 86.7 Å². The minimum atomic E-state index is -1.04. The summed E-state index contributed by atoms with van der Waals surface area (Å²) in [5.74, 6) is -1.54. The average molecular weight is 212 g/mol. The first-order chi connectivity index (χ1) is 7.02. The fourth-order valence-electron chi connectivity index (χ4n) is 1.29. The number of nitrogens with one attached hydrogen (secondary N) is 1.